The number of nitrogens with zero attached hydrogens (tertiary/aromatic N) is 8. The van der Waals surface area contributed by atoms with E-state index in [0.29, 0.717) is 11.3 Å². The van der Waals surface area contributed by atoms with Gasteiger partial charge in [0.2, 0.25) is 17.2 Å². The van der Waals surface area contributed by atoms with Crippen LogP contribution in [0.15, 0.2) is 122 Å². The van der Waals surface area contributed by atoms with Crippen LogP contribution < -0.4 is 10.2 Å². The van der Waals surface area contributed by atoms with Gasteiger partial charge in [-0.15, -0.1) is 15.9 Å². The SMILES string of the molecule is CN(c1ccccc1)c1nc(Cl)nc(Nc2cc(S(=O)(=O)O)cc(N=N/C(=N\[N-]c3ccccc3S(=O)(=O)O)c3ccccc3)c2O)n1.[Cu+]. The number of aromatic nitrogens is 3. The van der Waals surface area contributed by atoms with E-state index in [-0.39, 0.29) is 51.5 Å². The Bertz CT molecular complexity index is 2250. The second kappa shape index (κ2) is 15.5. The molecule has 4 N–H and O–H groups in total. The van der Waals surface area contributed by atoms with Crippen molar-refractivity contribution >= 4 is 72.3 Å². The van der Waals surface area contributed by atoms with Crippen LogP contribution >= 0.6 is 11.6 Å². The molecule has 0 fully saturated rings. The summed E-state index contributed by atoms with van der Waals surface area (Å²) in [6.45, 7) is 0. The van der Waals surface area contributed by atoms with Gasteiger partial charge in [0.1, 0.15) is 5.69 Å². The van der Waals surface area contributed by atoms with Crippen LogP contribution in [-0.2, 0) is 37.3 Å². The zero-order valence-corrected chi connectivity index (χ0v) is 28.1. The Hall–Kier alpha value is -5.01. The second-order valence-electron chi connectivity index (χ2n) is 9.59. The maximum Gasteiger partial charge on any atom is 1.00 e. The number of halogens is 1. The molecule has 49 heavy (non-hydrogen) atoms. The zero-order valence-electron chi connectivity index (χ0n) is 24.8. The topological polar surface area (TPSA) is 234 Å². The Kier molecular flexibility index (Phi) is 11.6. The second-order valence-corrected chi connectivity index (χ2v) is 12.7. The summed E-state index contributed by atoms with van der Waals surface area (Å²) in [7, 11) is -7.81. The molecule has 0 bridgehead atoms. The first kappa shape index (κ1) is 36.8. The molecule has 1 heterocycles. The van der Waals surface area contributed by atoms with E-state index >= 15 is 0 Å². The van der Waals surface area contributed by atoms with Gasteiger partial charge in [-0.2, -0.15) is 31.8 Å². The van der Waals surface area contributed by atoms with Gasteiger partial charge in [0.25, 0.3) is 20.2 Å². The van der Waals surface area contributed by atoms with E-state index in [2.05, 4.69) is 41.0 Å². The molecule has 0 unspecified atom stereocenters. The van der Waals surface area contributed by atoms with Crippen LogP contribution in [0.2, 0.25) is 5.28 Å². The molecule has 0 amide bonds. The van der Waals surface area contributed by atoms with Crippen LogP contribution in [-0.4, -0.2) is 58.9 Å². The molecule has 0 aliphatic carbocycles. The summed E-state index contributed by atoms with van der Waals surface area (Å²) in [5.41, 5.74) is 4.01. The summed E-state index contributed by atoms with van der Waals surface area (Å²) < 4.78 is 67.4. The normalized spacial score (nSPS) is 12.0. The van der Waals surface area contributed by atoms with Gasteiger partial charge in [-0.1, -0.05) is 66.7 Å². The van der Waals surface area contributed by atoms with E-state index in [9.17, 15) is 31.0 Å². The Labute approximate surface area is 295 Å². The summed E-state index contributed by atoms with van der Waals surface area (Å²) in [5, 5.41) is 25.5. The number of aromatic hydroxyl groups is 1. The number of phenolic OH excluding ortho intramolecular Hbond substituents is 1. The third-order valence-corrected chi connectivity index (χ3v) is 8.23. The van der Waals surface area contributed by atoms with Crippen LogP contribution in [0.25, 0.3) is 5.43 Å². The summed E-state index contributed by atoms with van der Waals surface area (Å²) in [6, 6.07) is 24.3. The monoisotopic (exact) mass is 771 g/mol. The third-order valence-electron chi connectivity index (χ3n) is 6.33. The molecule has 0 atom stereocenters. The molecular weight excluding hydrogens is 750 g/mol. The average Bonchev–Trinajstić information content (AvgIpc) is 3.05. The molecular formula is C29H23ClCuN9O7S2. The van der Waals surface area contributed by atoms with Gasteiger partial charge < -0.3 is 25.9 Å². The van der Waals surface area contributed by atoms with Crippen molar-refractivity contribution in [3.8, 4) is 5.75 Å². The van der Waals surface area contributed by atoms with Crippen molar-refractivity contribution in [1.82, 2.24) is 15.0 Å². The fourth-order valence-corrected chi connectivity index (χ4v) is 5.34. The van der Waals surface area contributed by atoms with E-state index in [1.165, 1.54) is 18.2 Å². The molecule has 4 aromatic carbocycles. The van der Waals surface area contributed by atoms with Gasteiger partial charge in [0, 0.05) is 18.3 Å². The maximum atomic E-state index is 12.2. The Morgan fingerprint density at radius 2 is 1.49 bits per heavy atom. The molecule has 0 spiro atoms. The minimum atomic E-state index is -4.85. The van der Waals surface area contributed by atoms with Crippen molar-refractivity contribution < 1.29 is 48.1 Å². The van der Waals surface area contributed by atoms with Crippen LogP contribution in [0.1, 0.15) is 5.56 Å². The number of para-hydroxylation sites is 1. The average molecular weight is 773 g/mol. The Balaban J connectivity index is 0.00000541. The first-order chi connectivity index (χ1) is 22.8. The van der Waals surface area contributed by atoms with Crippen LogP contribution in [0.5, 0.6) is 5.75 Å². The maximum absolute atomic E-state index is 12.2. The molecule has 20 heteroatoms. The Morgan fingerprint density at radius 3 is 2.14 bits per heavy atom. The fraction of sp³-hybridized carbons (Fsp3) is 0.0345. The van der Waals surface area contributed by atoms with Gasteiger partial charge in [-0.25, -0.2) is 0 Å². The van der Waals surface area contributed by atoms with Crippen molar-refractivity contribution in [3.63, 3.8) is 0 Å². The number of azo groups is 1. The summed E-state index contributed by atoms with van der Waals surface area (Å²) in [4.78, 5) is 12.8. The molecule has 0 radical (unpaired) electrons. The first-order valence-corrected chi connectivity index (χ1v) is 16.7. The number of amidine groups is 1. The zero-order chi connectivity index (χ0) is 34.5. The van der Waals surface area contributed by atoms with E-state index in [1.807, 2.05) is 18.2 Å². The molecule has 0 saturated heterocycles. The van der Waals surface area contributed by atoms with Crippen LogP contribution in [0, 0.1) is 0 Å². The molecule has 5 rings (SSSR count). The van der Waals surface area contributed by atoms with E-state index in [0.717, 1.165) is 18.2 Å². The molecule has 0 aliphatic rings. The molecule has 1 aromatic heterocycles. The van der Waals surface area contributed by atoms with Crippen molar-refractivity contribution in [2.75, 3.05) is 17.3 Å². The standard InChI is InChI=1S/C29H23ClN9O7S2.Cu/c1-39(19-12-6-3-7-13-19)29-33-27(30)32-28(34-29)31-22-16-20(47(41,42)43)17-23(25(22)40)36-38-26(18-10-4-2-5-11-18)37-35-21-14-8-9-15-24(21)48(44,45)46;/h2-17H,1H3,(H4-,31,32,33,34,35,36,37,38,40,41,42,43,44,45,46);/q-1;+1. The molecule has 256 valence electrons. The third kappa shape index (κ3) is 9.33. The van der Waals surface area contributed by atoms with Gasteiger partial charge >= 0.3 is 17.1 Å². The van der Waals surface area contributed by atoms with E-state index < -0.39 is 41.5 Å². The number of hydrogen-bond donors (Lipinski definition) is 4. The smallest absolute Gasteiger partial charge is 0.573 e. The molecule has 0 saturated carbocycles. The molecule has 16 nitrogen and oxygen atoms in total. The quantitative estimate of drug-likeness (QED) is 0.0230. The number of phenols is 1. The first-order valence-electron chi connectivity index (χ1n) is 13.4. The largest absolute Gasteiger partial charge is 1.00 e. The number of benzene rings is 4. The molecule has 5 aromatic rings. The number of anilines is 4. The molecule has 0 aliphatic heterocycles. The van der Waals surface area contributed by atoms with E-state index in [1.54, 1.807) is 54.4 Å². The predicted octanol–water partition coefficient (Wildman–Crippen LogP) is 6.38. The van der Waals surface area contributed by atoms with Gasteiger partial charge in [-0.3, -0.25) is 9.11 Å². The summed E-state index contributed by atoms with van der Waals surface area (Å²) >= 11 is 6.14. The van der Waals surface area contributed by atoms with E-state index in [4.69, 9.17) is 11.6 Å². The van der Waals surface area contributed by atoms with Gasteiger partial charge in [0.05, 0.1) is 15.5 Å². The van der Waals surface area contributed by atoms with Crippen molar-refractivity contribution in [1.29, 1.82) is 0 Å². The van der Waals surface area contributed by atoms with Crippen molar-refractivity contribution in [3.05, 3.63) is 113 Å². The fourth-order valence-electron chi connectivity index (χ4n) is 4.03. The minimum Gasteiger partial charge on any atom is -0.573 e. The van der Waals surface area contributed by atoms with Crippen molar-refractivity contribution in [2.24, 2.45) is 15.3 Å². The number of hydrogen-bond acceptors (Lipinski definition) is 12. The van der Waals surface area contributed by atoms with Gasteiger partial charge in [0.15, 0.2) is 11.6 Å². The summed E-state index contributed by atoms with van der Waals surface area (Å²) in [5.74, 6) is -0.926. The van der Waals surface area contributed by atoms with Crippen LogP contribution in [0.4, 0.5) is 34.6 Å². The number of nitrogens with one attached hydrogen (secondary N) is 1. The summed E-state index contributed by atoms with van der Waals surface area (Å²) in [6.07, 6.45) is 0. The van der Waals surface area contributed by atoms with Crippen LogP contribution in [0.3, 0.4) is 0 Å². The van der Waals surface area contributed by atoms with Gasteiger partial charge in [-0.05, 0) is 41.9 Å². The number of rotatable bonds is 10. The van der Waals surface area contributed by atoms with Crippen molar-refractivity contribution in [2.45, 2.75) is 9.79 Å². The Morgan fingerprint density at radius 1 is 0.857 bits per heavy atom. The minimum absolute atomic E-state index is 0. The predicted molar refractivity (Wildman–Crippen MR) is 177 cm³/mol.